The standard InChI is InChI=1S/C8H11NOP2/c1-6-4-3-5-8(7(6)2)10-12-9-11/h3-5H,11H2,1-2H3. The molecule has 0 heterocycles. The van der Waals surface area contributed by atoms with Crippen molar-refractivity contribution in [1.82, 2.24) is 0 Å². The summed E-state index contributed by atoms with van der Waals surface area (Å²) in [6.07, 6.45) is 0. The zero-order valence-electron chi connectivity index (χ0n) is 7.11. The molecule has 0 aliphatic rings. The van der Waals surface area contributed by atoms with Crippen LogP contribution in [0, 0.1) is 13.8 Å². The fraction of sp³-hybridized carbons (Fsp3) is 0.250. The predicted octanol–water partition coefficient (Wildman–Crippen LogP) is 3.52. The highest BCUT2D eigenvalue weighted by molar-refractivity contribution is 7.31. The third-order valence-electron chi connectivity index (χ3n) is 1.74. The fourth-order valence-corrected chi connectivity index (χ4v) is 1.36. The Labute approximate surface area is 76.6 Å². The van der Waals surface area contributed by atoms with Gasteiger partial charge in [-0.15, -0.1) is 0 Å². The molecule has 0 saturated heterocycles. The van der Waals surface area contributed by atoms with Crippen LogP contribution < -0.4 is 4.52 Å². The summed E-state index contributed by atoms with van der Waals surface area (Å²) in [7, 11) is 2.89. The average molecular weight is 199 g/mol. The van der Waals surface area contributed by atoms with E-state index >= 15 is 0 Å². The summed E-state index contributed by atoms with van der Waals surface area (Å²) in [6, 6.07) is 6.00. The molecule has 0 aliphatic carbocycles. The van der Waals surface area contributed by atoms with Crippen LogP contribution in [0.1, 0.15) is 11.1 Å². The first-order chi connectivity index (χ1) is 5.75. The molecular formula is C8H11NOP2. The maximum atomic E-state index is 5.35. The lowest BCUT2D eigenvalue weighted by Crippen LogP contribution is -1.84. The minimum absolute atomic E-state index is 0.623. The van der Waals surface area contributed by atoms with Crippen LogP contribution in [-0.4, -0.2) is 0 Å². The molecular weight excluding hydrogens is 188 g/mol. The van der Waals surface area contributed by atoms with E-state index in [0.29, 0.717) is 8.60 Å². The molecule has 0 saturated carbocycles. The number of benzene rings is 1. The first-order valence-corrected chi connectivity index (χ1v) is 4.87. The Morgan fingerprint density at radius 1 is 1.42 bits per heavy atom. The van der Waals surface area contributed by atoms with Crippen LogP contribution in [0.4, 0.5) is 0 Å². The number of aryl methyl sites for hydroxylation is 1. The van der Waals surface area contributed by atoms with Gasteiger partial charge in [-0.3, -0.25) is 0 Å². The van der Waals surface area contributed by atoms with Gasteiger partial charge in [-0.25, -0.2) is 4.52 Å². The Morgan fingerprint density at radius 3 is 2.83 bits per heavy atom. The molecule has 1 aromatic rings. The summed E-state index contributed by atoms with van der Waals surface area (Å²) in [4.78, 5) is 0. The van der Waals surface area contributed by atoms with Crippen LogP contribution in [0.15, 0.2) is 22.7 Å². The van der Waals surface area contributed by atoms with Gasteiger partial charge in [0.05, 0.1) is 0 Å². The second-order valence-corrected chi connectivity index (χ2v) is 3.76. The molecule has 0 aliphatic heterocycles. The van der Waals surface area contributed by atoms with Gasteiger partial charge in [0.1, 0.15) is 5.75 Å². The van der Waals surface area contributed by atoms with E-state index < -0.39 is 0 Å². The van der Waals surface area contributed by atoms with E-state index in [1.54, 1.807) is 0 Å². The second-order valence-electron chi connectivity index (χ2n) is 2.49. The van der Waals surface area contributed by atoms with E-state index in [9.17, 15) is 0 Å². The quantitative estimate of drug-likeness (QED) is 0.667. The lowest BCUT2D eigenvalue weighted by molar-refractivity contribution is 0.632. The first-order valence-electron chi connectivity index (χ1n) is 3.59. The number of nitrogens with zero attached hydrogens (tertiary/aromatic N) is 1. The second kappa shape index (κ2) is 4.54. The molecule has 4 heteroatoms. The highest BCUT2D eigenvalue weighted by Gasteiger charge is 1.99. The van der Waals surface area contributed by atoms with Gasteiger partial charge in [0.15, 0.2) is 0 Å². The molecule has 2 nitrogen and oxygen atoms in total. The van der Waals surface area contributed by atoms with Gasteiger partial charge in [0.2, 0.25) is 8.60 Å². The zero-order chi connectivity index (χ0) is 8.97. The number of hydrogen-bond donors (Lipinski definition) is 0. The van der Waals surface area contributed by atoms with Crippen molar-refractivity contribution in [2.75, 3.05) is 0 Å². The summed E-state index contributed by atoms with van der Waals surface area (Å²) in [5.41, 5.74) is 2.42. The van der Waals surface area contributed by atoms with Crippen molar-refractivity contribution >= 4 is 18.0 Å². The SMILES string of the molecule is Cc1cccc(OP=NP)c1C. The summed E-state index contributed by atoms with van der Waals surface area (Å²) in [6.45, 7) is 4.11. The topological polar surface area (TPSA) is 21.6 Å². The van der Waals surface area contributed by atoms with Crippen molar-refractivity contribution in [3.63, 3.8) is 0 Å². The monoisotopic (exact) mass is 199 g/mol. The lowest BCUT2D eigenvalue weighted by Gasteiger charge is -2.04. The van der Waals surface area contributed by atoms with Crippen LogP contribution in [0.25, 0.3) is 0 Å². The normalized spacial score (nSPS) is 10.6. The predicted molar refractivity (Wildman–Crippen MR) is 55.6 cm³/mol. The highest BCUT2D eigenvalue weighted by Crippen LogP contribution is 2.24. The van der Waals surface area contributed by atoms with E-state index in [4.69, 9.17) is 4.52 Å². The molecule has 12 heavy (non-hydrogen) atoms. The summed E-state index contributed by atoms with van der Waals surface area (Å²) in [5, 5.41) is 0. The van der Waals surface area contributed by atoms with Crippen molar-refractivity contribution in [3.8, 4) is 5.75 Å². The van der Waals surface area contributed by atoms with Crippen LogP contribution >= 0.6 is 18.0 Å². The fourth-order valence-electron chi connectivity index (χ4n) is 0.891. The van der Waals surface area contributed by atoms with Crippen molar-refractivity contribution < 1.29 is 4.52 Å². The Bertz CT molecular complexity index is 299. The van der Waals surface area contributed by atoms with Crippen molar-refractivity contribution in [3.05, 3.63) is 29.3 Å². The van der Waals surface area contributed by atoms with E-state index in [-0.39, 0.29) is 0 Å². The molecule has 0 spiro atoms. The van der Waals surface area contributed by atoms with Crippen LogP contribution in [-0.2, 0) is 0 Å². The van der Waals surface area contributed by atoms with Gasteiger partial charge in [-0.05, 0) is 40.4 Å². The molecule has 0 fully saturated rings. The smallest absolute Gasteiger partial charge is 0.245 e. The van der Waals surface area contributed by atoms with Gasteiger partial charge in [0.25, 0.3) is 0 Å². The van der Waals surface area contributed by atoms with E-state index in [0.717, 1.165) is 5.75 Å². The Hall–Kier alpha value is -0.450. The minimum Gasteiger partial charge on any atom is -0.423 e. The van der Waals surface area contributed by atoms with Crippen LogP contribution in [0.2, 0.25) is 0 Å². The Morgan fingerprint density at radius 2 is 2.17 bits per heavy atom. The molecule has 0 bridgehead atoms. The third-order valence-corrected chi connectivity index (χ3v) is 2.40. The molecule has 0 N–H and O–H groups in total. The molecule has 0 aromatic heterocycles. The molecule has 1 rings (SSSR count). The molecule has 1 aromatic carbocycles. The Balaban J connectivity index is 2.92. The third kappa shape index (κ3) is 2.27. The molecule has 1 atom stereocenters. The largest absolute Gasteiger partial charge is 0.423 e. The molecule has 0 radical (unpaired) electrons. The number of hydrogen-bond acceptors (Lipinski definition) is 2. The van der Waals surface area contributed by atoms with Gasteiger partial charge >= 0.3 is 0 Å². The summed E-state index contributed by atoms with van der Waals surface area (Å²) < 4.78 is 9.12. The first kappa shape index (κ1) is 9.64. The van der Waals surface area contributed by atoms with Crippen molar-refractivity contribution in [2.45, 2.75) is 13.8 Å². The van der Waals surface area contributed by atoms with Gasteiger partial charge in [-0.1, -0.05) is 12.1 Å². The van der Waals surface area contributed by atoms with Crippen LogP contribution in [0.3, 0.4) is 0 Å². The zero-order valence-corrected chi connectivity index (χ0v) is 9.16. The van der Waals surface area contributed by atoms with Crippen LogP contribution in [0.5, 0.6) is 5.75 Å². The minimum atomic E-state index is 0.623. The van der Waals surface area contributed by atoms with E-state index in [2.05, 4.69) is 26.9 Å². The lowest BCUT2D eigenvalue weighted by atomic mass is 10.1. The van der Waals surface area contributed by atoms with Crippen molar-refractivity contribution in [1.29, 1.82) is 0 Å². The van der Waals surface area contributed by atoms with Gasteiger partial charge < -0.3 is 4.52 Å². The number of rotatable bonds is 2. The maximum absolute atomic E-state index is 5.35. The van der Waals surface area contributed by atoms with Gasteiger partial charge in [-0.2, -0.15) is 0 Å². The van der Waals surface area contributed by atoms with Gasteiger partial charge in [0, 0.05) is 0 Å². The van der Waals surface area contributed by atoms with Crippen molar-refractivity contribution in [2.24, 2.45) is 4.52 Å². The Kier molecular flexibility index (Phi) is 3.65. The summed E-state index contributed by atoms with van der Waals surface area (Å²) in [5.74, 6) is 0.905. The van der Waals surface area contributed by atoms with E-state index in [1.807, 2.05) is 19.1 Å². The van der Waals surface area contributed by atoms with E-state index in [1.165, 1.54) is 11.1 Å². The molecule has 0 amide bonds. The summed E-state index contributed by atoms with van der Waals surface area (Å²) >= 11 is 0. The maximum Gasteiger partial charge on any atom is 0.245 e. The average Bonchev–Trinajstić information content (AvgIpc) is 2.08. The molecule has 1 unspecified atom stereocenters. The highest BCUT2D eigenvalue weighted by atomic mass is 31.1. The molecule has 64 valence electrons.